The Balaban J connectivity index is 1.22. The third-order valence-electron chi connectivity index (χ3n) is 6.18. The maximum absolute atomic E-state index is 12.9. The van der Waals surface area contributed by atoms with Gasteiger partial charge in [0.1, 0.15) is 0 Å². The van der Waals surface area contributed by atoms with Gasteiger partial charge in [0.25, 0.3) is 5.91 Å². The molecule has 0 saturated carbocycles. The summed E-state index contributed by atoms with van der Waals surface area (Å²) in [6.07, 6.45) is 1.08. The van der Waals surface area contributed by atoms with Crippen molar-refractivity contribution in [2.45, 2.75) is 13.3 Å². The summed E-state index contributed by atoms with van der Waals surface area (Å²) in [4.78, 5) is 17.3. The zero-order valence-electron chi connectivity index (χ0n) is 17.0. The number of likely N-dealkylation sites (tertiary alicyclic amines) is 2. The molecule has 2 unspecified atom stereocenters. The molecule has 30 heavy (non-hydrogen) atoms. The summed E-state index contributed by atoms with van der Waals surface area (Å²) in [5.74, 6) is 1.07. The lowest BCUT2D eigenvalue weighted by atomic mass is 10.0. The van der Waals surface area contributed by atoms with E-state index in [0.29, 0.717) is 27.4 Å². The van der Waals surface area contributed by atoms with Crippen LogP contribution in [-0.2, 0) is 0 Å². The number of fused-ring (bicyclic) bond motifs is 1. The second-order valence-electron chi connectivity index (χ2n) is 8.34. The number of aryl methyl sites for hydroxylation is 1. The first-order valence-electron chi connectivity index (χ1n) is 10.4. The summed E-state index contributed by atoms with van der Waals surface area (Å²) >= 11 is 18.5. The molecule has 0 bridgehead atoms. The highest BCUT2D eigenvalue weighted by molar-refractivity contribution is 6.43. The summed E-state index contributed by atoms with van der Waals surface area (Å²) in [5.41, 5.74) is 2.66. The molecule has 4 nitrogen and oxygen atoms in total. The Hall–Kier alpha value is -1.46. The molecule has 160 valence electrons. The Kier molecular flexibility index (Phi) is 6.78. The molecule has 1 amide bonds. The third kappa shape index (κ3) is 4.72. The van der Waals surface area contributed by atoms with E-state index in [9.17, 15) is 4.79 Å². The van der Waals surface area contributed by atoms with Crippen molar-refractivity contribution >= 4 is 46.4 Å². The molecule has 0 aliphatic carbocycles. The number of anilines is 1. The van der Waals surface area contributed by atoms with Crippen molar-refractivity contribution < 1.29 is 4.79 Å². The lowest BCUT2D eigenvalue weighted by Gasteiger charge is -2.22. The topological polar surface area (TPSA) is 35.6 Å². The summed E-state index contributed by atoms with van der Waals surface area (Å²) in [7, 11) is 0. The second-order valence-corrected chi connectivity index (χ2v) is 9.53. The first-order valence-corrected chi connectivity index (χ1v) is 11.5. The van der Waals surface area contributed by atoms with Crippen LogP contribution in [0.15, 0.2) is 36.4 Å². The van der Waals surface area contributed by atoms with Gasteiger partial charge in [0, 0.05) is 43.4 Å². The molecule has 0 aromatic heterocycles. The molecule has 2 atom stereocenters. The number of benzene rings is 2. The Morgan fingerprint density at radius 1 is 1.03 bits per heavy atom. The van der Waals surface area contributed by atoms with E-state index in [0.717, 1.165) is 62.0 Å². The van der Waals surface area contributed by atoms with Gasteiger partial charge >= 0.3 is 0 Å². The fraction of sp³-hybridized carbons (Fsp3) is 0.435. The van der Waals surface area contributed by atoms with E-state index in [1.807, 2.05) is 24.0 Å². The molecule has 2 aliphatic heterocycles. The van der Waals surface area contributed by atoms with Gasteiger partial charge in [0.15, 0.2) is 0 Å². The standard InChI is InChI=1S/C23H26Cl3N3O/c1-15-6-7-18(10-21(15)25)27-8-3-9-28-11-16-13-29(14-17(16)12-28)23(30)19-4-2-5-20(24)22(19)26/h2,4-7,10,16-17,27H,3,8-9,11-14H2,1H3. The highest BCUT2D eigenvalue weighted by Crippen LogP contribution is 2.34. The van der Waals surface area contributed by atoms with Gasteiger partial charge in [-0.05, 0) is 61.6 Å². The quantitative estimate of drug-likeness (QED) is 0.574. The number of hydrogen-bond donors (Lipinski definition) is 1. The van der Waals surface area contributed by atoms with Crippen molar-refractivity contribution in [3.05, 3.63) is 62.6 Å². The SMILES string of the molecule is Cc1ccc(NCCCN2CC3CN(C(=O)c4cccc(Cl)c4Cl)CC3C2)cc1Cl. The van der Waals surface area contributed by atoms with Crippen LogP contribution in [0.4, 0.5) is 5.69 Å². The number of rotatable bonds is 6. The number of hydrogen-bond acceptors (Lipinski definition) is 3. The molecule has 0 spiro atoms. The van der Waals surface area contributed by atoms with Gasteiger partial charge in [-0.3, -0.25) is 4.79 Å². The Morgan fingerprint density at radius 3 is 2.47 bits per heavy atom. The zero-order valence-corrected chi connectivity index (χ0v) is 19.3. The van der Waals surface area contributed by atoms with Crippen molar-refractivity contribution in [3.63, 3.8) is 0 Å². The Bertz CT molecular complexity index is 922. The van der Waals surface area contributed by atoms with E-state index >= 15 is 0 Å². The maximum atomic E-state index is 12.9. The predicted octanol–water partition coefficient (Wildman–Crippen LogP) is 5.46. The third-order valence-corrected chi connectivity index (χ3v) is 7.41. The van der Waals surface area contributed by atoms with Crippen LogP contribution in [-0.4, -0.2) is 55.0 Å². The second kappa shape index (κ2) is 9.35. The van der Waals surface area contributed by atoms with Crippen molar-refractivity contribution in [3.8, 4) is 0 Å². The lowest BCUT2D eigenvalue weighted by Crippen LogP contribution is -2.34. The van der Waals surface area contributed by atoms with Crippen LogP contribution in [0.2, 0.25) is 15.1 Å². The maximum Gasteiger partial charge on any atom is 0.255 e. The number of amides is 1. The first kappa shape index (κ1) is 21.8. The van der Waals surface area contributed by atoms with Gasteiger partial charge in [0.05, 0.1) is 15.6 Å². The number of nitrogens with one attached hydrogen (secondary N) is 1. The van der Waals surface area contributed by atoms with Crippen LogP contribution >= 0.6 is 34.8 Å². The lowest BCUT2D eigenvalue weighted by molar-refractivity contribution is 0.0774. The average molecular weight is 467 g/mol. The van der Waals surface area contributed by atoms with Gasteiger partial charge in [-0.25, -0.2) is 0 Å². The first-order chi connectivity index (χ1) is 14.4. The number of nitrogens with zero attached hydrogens (tertiary/aromatic N) is 2. The van der Waals surface area contributed by atoms with Crippen LogP contribution < -0.4 is 5.32 Å². The van der Waals surface area contributed by atoms with Crippen molar-refractivity contribution in [2.75, 3.05) is 44.6 Å². The van der Waals surface area contributed by atoms with Gasteiger partial charge in [-0.1, -0.05) is 46.9 Å². The molecular formula is C23H26Cl3N3O. The van der Waals surface area contributed by atoms with Gasteiger partial charge in [-0.15, -0.1) is 0 Å². The molecule has 2 heterocycles. The highest BCUT2D eigenvalue weighted by atomic mass is 35.5. The normalized spacial score (nSPS) is 21.1. The minimum atomic E-state index is -0.00981. The van der Waals surface area contributed by atoms with Crippen LogP contribution in [0.3, 0.4) is 0 Å². The van der Waals surface area contributed by atoms with E-state index in [-0.39, 0.29) is 5.91 Å². The molecule has 2 aromatic carbocycles. The van der Waals surface area contributed by atoms with E-state index in [1.165, 1.54) is 0 Å². The Morgan fingerprint density at radius 2 is 1.77 bits per heavy atom. The molecular weight excluding hydrogens is 441 g/mol. The van der Waals surface area contributed by atoms with E-state index in [2.05, 4.69) is 16.3 Å². The fourth-order valence-corrected chi connectivity index (χ4v) is 5.08. The van der Waals surface area contributed by atoms with Crippen LogP contribution in [0, 0.1) is 18.8 Å². The molecule has 2 fully saturated rings. The minimum Gasteiger partial charge on any atom is -0.385 e. The molecule has 1 N–H and O–H groups in total. The van der Waals surface area contributed by atoms with Crippen molar-refractivity contribution in [2.24, 2.45) is 11.8 Å². The molecule has 7 heteroatoms. The molecule has 2 aliphatic rings. The molecule has 2 aromatic rings. The fourth-order valence-electron chi connectivity index (χ4n) is 4.52. The smallest absolute Gasteiger partial charge is 0.255 e. The van der Waals surface area contributed by atoms with Gasteiger partial charge in [0.2, 0.25) is 0 Å². The minimum absolute atomic E-state index is 0.00981. The van der Waals surface area contributed by atoms with E-state index < -0.39 is 0 Å². The summed E-state index contributed by atoms with van der Waals surface area (Å²) in [6, 6.07) is 11.3. The van der Waals surface area contributed by atoms with Crippen LogP contribution in [0.5, 0.6) is 0 Å². The van der Waals surface area contributed by atoms with Gasteiger partial charge in [-0.2, -0.15) is 0 Å². The van der Waals surface area contributed by atoms with E-state index in [1.54, 1.807) is 18.2 Å². The van der Waals surface area contributed by atoms with E-state index in [4.69, 9.17) is 34.8 Å². The van der Waals surface area contributed by atoms with Crippen molar-refractivity contribution in [1.82, 2.24) is 9.80 Å². The summed E-state index contributed by atoms with van der Waals surface area (Å²) in [6.45, 7) is 7.68. The van der Waals surface area contributed by atoms with Crippen LogP contribution in [0.25, 0.3) is 0 Å². The van der Waals surface area contributed by atoms with Gasteiger partial charge < -0.3 is 15.1 Å². The summed E-state index contributed by atoms with van der Waals surface area (Å²) < 4.78 is 0. The largest absolute Gasteiger partial charge is 0.385 e. The molecule has 4 rings (SSSR count). The molecule has 2 saturated heterocycles. The average Bonchev–Trinajstić information content (AvgIpc) is 3.28. The predicted molar refractivity (Wildman–Crippen MR) is 125 cm³/mol. The zero-order chi connectivity index (χ0) is 21.3. The van der Waals surface area contributed by atoms with Crippen molar-refractivity contribution in [1.29, 1.82) is 0 Å². The number of halogens is 3. The number of carbonyl (C=O) groups is 1. The Labute approximate surface area is 193 Å². The van der Waals surface area contributed by atoms with Crippen LogP contribution in [0.1, 0.15) is 22.3 Å². The summed E-state index contributed by atoms with van der Waals surface area (Å²) in [5, 5.41) is 5.02. The highest BCUT2D eigenvalue weighted by Gasteiger charge is 2.41. The monoisotopic (exact) mass is 465 g/mol. The number of carbonyl (C=O) groups excluding carboxylic acids is 1. The molecule has 0 radical (unpaired) electrons.